The van der Waals surface area contributed by atoms with Gasteiger partial charge in [0.25, 0.3) is 0 Å². The van der Waals surface area contributed by atoms with Crippen LogP contribution in [-0.2, 0) is 13.1 Å². The van der Waals surface area contributed by atoms with E-state index in [-0.39, 0.29) is 5.82 Å². The van der Waals surface area contributed by atoms with E-state index in [1.54, 1.807) is 36.0 Å². The maximum atomic E-state index is 11.0. The molecule has 2 aromatic heterocycles. The Morgan fingerprint density at radius 1 is 1.25 bits per heavy atom. The third kappa shape index (κ3) is 3.24. The molecule has 0 amide bonds. The van der Waals surface area contributed by atoms with Gasteiger partial charge in [0, 0.05) is 12.5 Å². The number of rotatable bonds is 5. The van der Waals surface area contributed by atoms with E-state index in [4.69, 9.17) is 23.2 Å². The molecule has 0 aliphatic carbocycles. The quantitative estimate of drug-likeness (QED) is 0.509. The van der Waals surface area contributed by atoms with E-state index in [0.717, 1.165) is 5.56 Å². The summed E-state index contributed by atoms with van der Waals surface area (Å²) in [6, 6.07) is 5.20. The van der Waals surface area contributed by atoms with E-state index in [0.29, 0.717) is 34.7 Å². The highest BCUT2D eigenvalue weighted by molar-refractivity contribution is 6.42. The molecule has 8 nitrogen and oxygen atoms in total. The Kier molecular flexibility index (Phi) is 4.50. The van der Waals surface area contributed by atoms with Crippen LogP contribution in [0.25, 0.3) is 11.3 Å². The van der Waals surface area contributed by atoms with E-state index < -0.39 is 4.92 Å². The summed E-state index contributed by atoms with van der Waals surface area (Å²) in [6.07, 6.45) is 3.00. The van der Waals surface area contributed by atoms with Crippen molar-refractivity contribution in [1.29, 1.82) is 0 Å². The lowest BCUT2D eigenvalue weighted by atomic mass is 10.2. The standard InChI is InChI=1S/C14H12Cl2N6O2/c1-9-17-7-14(22(23)24)21(9)5-4-20-8-13(18-19-20)10-2-3-11(15)12(16)6-10/h2-3,6-8H,4-5H2,1H3. The van der Waals surface area contributed by atoms with Crippen molar-refractivity contribution in [3.63, 3.8) is 0 Å². The van der Waals surface area contributed by atoms with Crippen LogP contribution in [0.15, 0.2) is 30.6 Å². The first-order valence-electron chi connectivity index (χ1n) is 6.98. The topological polar surface area (TPSA) is 91.7 Å². The van der Waals surface area contributed by atoms with Crippen molar-refractivity contribution in [2.24, 2.45) is 0 Å². The Morgan fingerprint density at radius 2 is 2.04 bits per heavy atom. The first kappa shape index (κ1) is 16.4. The fourth-order valence-electron chi connectivity index (χ4n) is 2.28. The normalized spacial score (nSPS) is 11.0. The minimum atomic E-state index is -0.456. The molecule has 0 N–H and O–H groups in total. The Hall–Kier alpha value is -2.45. The number of hydrogen-bond donors (Lipinski definition) is 0. The van der Waals surface area contributed by atoms with Gasteiger partial charge in [-0.3, -0.25) is 0 Å². The minimum Gasteiger partial charge on any atom is -0.358 e. The van der Waals surface area contributed by atoms with Crippen molar-refractivity contribution in [2.45, 2.75) is 20.0 Å². The van der Waals surface area contributed by atoms with Crippen LogP contribution in [0.3, 0.4) is 0 Å². The number of benzene rings is 1. The van der Waals surface area contributed by atoms with E-state index in [1.165, 1.54) is 10.8 Å². The second-order valence-electron chi connectivity index (χ2n) is 5.07. The van der Waals surface area contributed by atoms with Crippen molar-refractivity contribution in [3.8, 4) is 11.3 Å². The van der Waals surface area contributed by atoms with Crippen molar-refractivity contribution >= 4 is 29.0 Å². The molecule has 0 saturated carbocycles. The number of aromatic nitrogens is 5. The van der Waals surface area contributed by atoms with Crippen LogP contribution in [0, 0.1) is 17.0 Å². The molecule has 0 aliphatic heterocycles. The number of imidazole rings is 1. The highest BCUT2D eigenvalue weighted by Crippen LogP contribution is 2.27. The third-order valence-electron chi connectivity index (χ3n) is 3.53. The molecule has 0 radical (unpaired) electrons. The predicted octanol–water partition coefficient (Wildman–Crippen LogP) is 3.37. The van der Waals surface area contributed by atoms with E-state index >= 15 is 0 Å². The molecule has 10 heteroatoms. The molecule has 3 aromatic rings. The lowest BCUT2D eigenvalue weighted by Gasteiger charge is -2.02. The van der Waals surface area contributed by atoms with Crippen molar-refractivity contribution < 1.29 is 4.92 Å². The summed E-state index contributed by atoms with van der Waals surface area (Å²) in [4.78, 5) is 14.5. The molecular weight excluding hydrogens is 355 g/mol. The van der Waals surface area contributed by atoms with Crippen LogP contribution in [-0.4, -0.2) is 29.5 Å². The second kappa shape index (κ2) is 6.58. The molecule has 0 fully saturated rings. The van der Waals surface area contributed by atoms with E-state index in [9.17, 15) is 10.1 Å². The van der Waals surface area contributed by atoms with Gasteiger partial charge in [-0.05, 0) is 17.1 Å². The molecular formula is C14H12Cl2N6O2. The second-order valence-corrected chi connectivity index (χ2v) is 5.88. The molecule has 0 bridgehead atoms. The molecule has 0 saturated heterocycles. The number of aryl methyl sites for hydroxylation is 2. The number of nitrogens with zero attached hydrogens (tertiary/aromatic N) is 6. The molecule has 1 aromatic carbocycles. The van der Waals surface area contributed by atoms with Gasteiger partial charge in [-0.2, -0.15) is 0 Å². The zero-order valence-electron chi connectivity index (χ0n) is 12.6. The molecule has 24 heavy (non-hydrogen) atoms. The summed E-state index contributed by atoms with van der Waals surface area (Å²) in [5.41, 5.74) is 1.44. The maximum Gasteiger partial charge on any atom is 0.342 e. The number of hydrogen-bond acceptors (Lipinski definition) is 5. The van der Waals surface area contributed by atoms with Crippen molar-refractivity contribution in [2.75, 3.05) is 0 Å². The summed E-state index contributed by atoms with van der Waals surface area (Å²) in [7, 11) is 0. The third-order valence-corrected chi connectivity index (χ3v) is 4.27. The Bertz CT molecular complexity index is 905. The average molecular weight is 367 g/mol. The number of nitro groups is 1. The van der Waals surface area contributed by atoms with Gasteiger partial charge in [-0.15, -0.1) is 5.10 Å². The van der Waals surface area contributed by atoms with Gasteiger partial charge in [0.2, 0.25) is 0 Å². The fraction of sp³-hybridized carbons (Fsp3) is 0.214. The van der Waals surface area contributed by atoms with Crippen LogP contribution in [0.2, 0.25) is 10.0 Å². The van der Waals surface area contributed by atoms with Gasteiger partial charge in [0.1, 0.15) is 18.4 Å². The highest BCUT2D eigenvalue weighted by atomic mass is 35.5. The monoisotopic (exact) mass is 366 g/mol. The van der Waals surface area contributed by atoms with Crippen LogP contribution in [0.5, 0.6) is 0 Å². The molecule has 3 rings (SSSR count). The summed E-state index contributed by atoms with van der Waals surface area (Å²) in [5.74, 6) is 0.531. The van der Waals surface area contributed by atoms with Gasteiger partial charge in [-0.25, -0.2) is 14.2 Å². The van der Waals surface area contributed by atoms with Crippen LogP contribution in [0.4, 0.5) is 5.82 Å². The molecule has 0 unspecified atom stereocenters. The van der Waals surface area contributed by atoms with Gasteiger partial charge < -0.3 is 10.1 Å². The lowest BCUT2D eigenvalue weighted by molar-refractivity contribution is -0.392. The smallest absolute Gasteiger partial charge is 0.342 e. The summed E-state index contributed by atoms with van der Waals surface area (Å²) in [5, 5.41) is 20.0. The highest BCUT2D eigenvalue weighted by Gasteiger charge is 2.17. The Balaban J connectivity index is 1.76. The maximum absolute atomic E-state index is 11.0. The Morgan fingerprint density at radius 3 is 2.75 bits per heavy atom. The van der Waals surface area contributed by atoms with Crippen LogP contribution >= 0.6 is 23.2 Å². The SMILES string of the molecule is Cc1ncc([N+](=O)[O-])n1CCn1cc(-c2ccc(Cl)c(Cl)c2)nn1. The lowest BCUT2D eigenvalue weighted by Crippen LogP contribution is -2.11. The van der Waals surface area contributed by atoms with Gasteiger partial charge >= 0.3 is 5.82 Å². The zero-order chi connectivity index (χ0) is 17.3. The summed E-state index contributed by atoms with van der Waals surface area (Å²) >= 11 is 11.9. The molecule has 0 spiro atoms. The first-order valence-corrected chi connectivity index (χ1v) is 7.73. The van der Waals surface area contributed by atoms with Gasteiger partial charge in [-0.1, -0.05) is 34.5 Å². The molecule has 2 heterocycles. The summed E-state index contributed by atoms with van der Waals surface area (Å²) in [6.45, 7) is 2.51. The van der Waals surface area contributed by atoms with Gasteiger partial charge in [0.05, 0.1) is 22.8 Å². The Labute approximate surface area is 146 Å². The van der Waals surface area contributed by atoms with Crippen molar-refractivity contribution in [3.05, 3.63) is 56.6 Å². The fourth-order valence-corrected chi connectivity index (χ4v) is 2.57. The van der Waals surface area contributed by atoms with Crippen LogP contribution in [0.1, 0.15) is 5.82 Å². The molecule has 0 atom stereocenters. The largest absolute Gasteiger partial charge is 0.358 e. The molecule has 0 aliphatic rings. The van der Waals surface area contributed by atoms with Gasteiger partial charge in [0.15, 0.2) is 5.82 Å². The van der Waals surface area contributed by atoms with E-state index in [2.05, 4.69) is 15.3 Å². The van der Waals surface area contributed by atoms with E-state index in [1.807, 2.05) is 0 Å². The van der Waals surface area contributed by atoms with Crippen LogP contribution < -0.4 is 0 Å². The zero-order valence-corrected chi connectivity index (χ0v) is 14.1. The minimum absolute atomic E-state index is 0.0441. The first-order chi connectivity index (χ1) is 11.5. The summed E-state index contributed by atoms with van der Waals surface area (Å²) < 4.78 is 3.14. The molecule has 124 valence electrons. The van der Waals surface area contributed by atoms with Crippen molar-refractivity contribution in [1.82, 2.24) is 24.5 Å². The predicted molar refractivity (Wildman–Crippen MR) is 89.1 cm³/mol. The number of halogens is 2. The average Bonchev–Trinajstić information content (AvgIpc) is 3.15.